The number of hydrogen-bond donors (Lipinski definition) is 2. The first kappa shape index (κ1) is 13.8. The van der Waals surface area contributed by atoms with Crippen LogP contribution in [0, 0.1) is 11.3 Å². The van der Waals surface area contributed by atoms with E-state index in [9.17, 15) is 0 Å². The van der Waals surface area contributed by atoms with Gasteiger partial charge in [-0.2, -0.15) is 5.26 Å². The van der Waals surface area contributed by atoms with E-state index in [4.69, 9.17) is 16.9 Å². The average Bonchev–Trinajstić information content (AvgIpc) is 2.24. The fourth-order valence-corrected chi connectivity index (χ4v) is 1.61. The smallest absolute Gasteiger partial charge is 0.0992 e. The summed E-state index contributed by atoms with van der Waals surface area (Å²) in [6.07, 6.45) is 0. The molecule has 4 heteroatoms. The zero-order valence-electron chi connectivity index (χ0n) is 10.5. The highest BCUT2D eigenvalue weighted by Crippen LogP contribution is 2.22. The maximum atomic E-state index is 8.72. The molecule has 0 atom stereocenters. The Hall–Kier alpha value is -1.24. The van der Waals surface area contributed by atoms with E-state index < -0.39 is 0 Å². The van der Waals surface area contributed by atoms with Crippen molar-refractivity contribution < 1.29 is 0 Å². The molecule has 92 valence electrons. The lowest BCUT2D eigenvalue weighted by Gasteiger charge is -2.20. The van der Waals surface area contributed by atoms with Crippen LogP contribution in [-0.4, -0.2) is 18.6 Å². The van der Waals surface area contributed by atoms with Crippen LogP contribution >= 0.6 is 11.6 Å². The molecule has 0 heterocycles. The number of rotatable bonds is 4. The molecule has 0 unspecified atom stereocenters. The summed E-state index contributed by atoms with van der Waals surface area (Å²) in [5.41, 5.74) is 1.56. The van der Waals surface area contributed by atoms with E-state index in [0.717, 1.165) is 18.8 Å². The molecular formula is C13H18ClN3. The number of hydrogen-bond acceptors (Lipinski definition) is 3. The van der Waals surface area contributed by atoms with Crippen LogP contribution in [0.3, 0.4) is 0 Å². The van der Waals surface area contributed by atoms with Gasteiger partial charge in [0.15, 0.2) is 0 Å². The molecule has 0 aliphatic carbocycles. The van der Waals surface area contributed by atoms with E-state index in [0.29, 0.717) is 10.6 Å². The maximum absolute atomic E-state index is 8.72. The Labute approximate surface area is 108 Å². The van der Waals surface area contributed by atoms with Crippen LogP contribution in [0.5, 0.6) is 0 Å². The molecular weight excluding hydrogens is 234 g/mol. The standard InChI is InChI=1S/C13H18ClN3/c1-13(2,3)17-7-6-16-12-5-4-10(9-15)8-11(12)14/h4-5,8,16-17H,6-7H2,1-3H3. The van der Waals surface area contributed by atoms with Crippen LogP contribution < -0.4 is 10.6 Å². The third kappa shape index (κ3) is 5.08. The SMILES string of the molecule is CC(C)(C)NCCNc1ccc(C#N)cc1Cl. The molecule has 2 N–H and O–H groups in total. The van der Waals surface area contributed by atoms with Gasteiger partial charge in [-0.25, -0.2) is 0 Å². The number of nitrogens with one attached hydrogen (secondary N) is 2. The Balaban J connectivity index is 2.45. The zero-order valence-corrected chi connectivity index (χ0v) is 11.2. The second kappa shape index (κ2) is 5.90. The maximum Gasteiger partial charge on any atom is 0.0992 e. The lowest BCUT2D eigenvalue weighted by Crippen LogP contribution is -2.38. The number of nitriles is 1. The van der Waals surface area contributed by atoms with Gasteiger partial charge in [0.05, 0.1) is 22.3 Å². The molecule has 0 radical (unpaired) electrons. The molecule has 0 saturated heterocycles. The predicted octanol–water partition coefficient (Wildman–Crippen LogP) is 3.01. The molecule has 0 spiro atoms. The Morgan fingerprint density at radius 1 is 1.29 bits per heavy atom. The molecule has 0 amide bonds. The van der Waals surface area contributed by atoms with Crippen LogP contribution in [0.1, 0.15) is 26.3 Å². The van der Waals surface area contributed by atoms with Crippen molar-refractivity contribution in [3.05, 3.63) is 28.8 Å². The zero-order chi connectivity index (χ0) is 12.9. The van der Waals surface area contributed by atoms with E-state index in [-0.39, 0.29) is 5.54 Å². The Morgan fingerprint density at radius 2 is 2.00 bits per heavy atom. The molecule has 1 aromatic rings. The minimum absolute atomic E-state index is 0.121. The van der Waals surface area contributed by atoms with Crippen molar-refractivity contribution in [1.29, 1.82) is 5.26 Å². The summed E-state index contributed by atoms with van der Waals surface area (Å²) < 4.78 is 0. The van der Waals surface area contributed by atoms with Gasteiger partial charge in [-0.15, -0.1) is 0 Å². The van der Waals surface area contributed by atoms with E-state index in [1.54, 1.807) is 12.1 Å². The summed E-state index contributed by atoms with van der Waals surface area (Å²) in [5, 5.41) is 15.9. The van der Waals surface area contributed by atoms with Crippen LogP contribution in [0.25, 0.3) is 0 Å². The number of anilines is 1. The van der Waals surface area contributed by atoms with Gasteiger partial charge in [0.1, 0.15) is 0 Å². The average molecular weight is 252 g/mol. The first-order valence-electron chi connectivity index (χ1n) is 5.61. The van der Waals surface area contributed by atoms with E-state index in [1.165, 1.54) is 0 Å². The summed E-state index contributed by atoms with van der Waals surface area (Å²) in [4.78, 5) is 0. The van der Waals surface area contributed by atoms with Gasteiger partial charge >= 0.3 is 0 Å². The largest absolute Gasteiger partial charge is 0.383 e. The van der Waals surface area contributed by atoms with Crippen molar-refractivity contribution in [2.75, 3.05) is 18.4 Å². The summed E-state index contributed by atoms with van der Waals surface area (Å²) in [7, 11) is 0. The summed E-state index contributed by atoms with van der Waals surface area (Å²) >= 11 is 6.04. The van der Waals surface area contributed by atoms with Crippen LogP contribution in [-0.2, 0) is 0 Å². The van der Waals surface area contributed by atoms with Crippen LogP contribution in [0.2, 0.25) is 5.02 Å². The first-order valence-corrected chi connectivity index (χ1v) is 5.99. The molecule has 3 nitrogen and oxygen atoms in total. The van der Waals surface area contributed by atoms with Gasteiger partial charge in [0.25, 0.3) is 0 Å². The van der Waals surface area contributed by atoms with E-state index >= 15 is 0 Å². The fourth-order valence-electron chi connectivity index (χ4n) is 1.36. The molecule has 1 aromatic carbocycles. The molecule has 0 aromatic heterocycles. The molecule has 0 aliphatic rings. The van der Waals surface area contributed by atoms with Gasteiger partial charge in [-0.05, 0) is 39.0 Å². The van der Waals surface area contributed by atoms with Gasteiger partial charge in [0.2, 0.25) is 0 Å². The molecule has 0 bridgehead atoms. The van der Waals surface area contributed by atoms with Gasteiger partial charge in [-0.3, -0.25) is 0 Å². The van der Waals surface area contributed by atoms with E-state index in [1.807, 2.05) is 6.07 Å². The lowest BCUT2D eigenvalue weighted by molar-refractivity contribution is 0.435. The van der Waals surface area contributed by atoms with Gasteiger partial charge < -0.3 is 10.6 Å². The molecule has 0 aliphatic heterocycles. The third-order valence-corrected chi connectivity index (χ3v) is 2.51. The molecule has 0 saturated carbocycles. The highest BCUT2D eigenvalue weighted by Gasteiger charge is 2.07. The van der Waals surface area contributed by atoms with Crippen LogP contribution in [0.4, 0.5) is 5.69 Å². The Bertz CT molecular complexity index is 416. The molecule has 1 rings (SSSR count). The quantitative estimate of drug-likeness (QED) is 0.809. The third-order valence-electron chi connectivity index (χ3n) is 2.19. The summed E-state index contributed by atoms with van der Waals surface area (Å²) in [6, 6.07) is 7.31. The lowest BCUT2D eigenvalue weighted by atomic mass is 10.1. The monoisotopic (exact) mass is 251 g/mol. The second-order valence-electron chi connectivity index (χ2n) is 4.91. The Morgan fingerprint density at radius 3 is 2.53 bits per heavy atom. The predicted molar refractivity (Wildman–Crippen MR) is 72.4 cm³/mol. The van der Waals surface area contributed by atoms with E-state index in [2.05, 4.69) is 37.5 Å². The highest BCUT2D eigenvalue weighted by molar-refractivity contribution is 6.33. The first-order chi connectivity index (χ1) is 7.92. The van der Waals surface area contributed by atoms with Crippen molar-refractivity contribution >= 4 is 17.3 Å². The number of halogens is 1. The van der Waals surface area contributed by atoms with Crippen molar-refractivity contribution in [2.45, 2.75) is 26.3 Å². The minimum Gasteiger partial charge on any atom is -0.383 e. The van der Waals surface area contributed by atoms with Crippen molar-refractivity contribution in [2.24, 2.45) is 0 Å². The van der Waals surface area contributed by atoms with Gasteiger partial charge in [-0.1, -0.05) is 11.6 Å². The minimum atomic E-state index is 0.121. The topological polar surface area (TPSA) is 47.8 Å². The number of benzene rings is 1. The molecule has 0 fully saturated rings. The summed E-state index contributed by atoms with van der Waals surface area (Å²) in [5.74, 6) is 0. The van der Waals surface area contributed by atoms with Gasteiger partial charge in [0, 0.05) is 18.6 Å². The van der Waals surface area contributed by atoms with Crippen molar-refractivity contribution in [3.8, 4) is 6.07 Å². The second-order valence-corrected chi connectivity index (χ2v) is 5.32. The van der Waals surface area contributed by atoms with Crippen molar-refractivity contribution in [1.82, 2.24) is 5.32 Å². The number of nitrogens with zero attached hydrogens (tertiary/aromatic N) is 1. The Kier molecular flexibility index (Phi) is 4.80. The van der Waals surface area contributed by atoms with Crippen LogP contribution in [0.15, 0.2) is 18.2 Å². The molecule has 17 heavy (non-hydrogen) atoms. The normalized spacial score (nSPS) is 11.0. The summed E-state index contributed by atoms with van der Waals surface area (Å²) in [6.45, 7) is 8.04. The fraction of sp³-hybridized carbons (Fsp3) is 0.462. The van der Waals surface area contributed by atoms with Crippen molar-refractivity contribution in [3.63, 3.8) is 0 Å². The highest BCUT2D eigenvalue weighted by atomic mass is 35.5.